The van der Waals surface area contributed by atoms with Crippen molar-refractivity contribution in [3.63, 3.8) is 0 Å². The standard InChI is InChI=1S/C18H11ClF3N3O4/c19-13-6-5-9(7-12(13)18(20,21)22)23-14(26)8-25-16(27)11-4-2-1-3-10(11)15(24-25)17(28)29/h1-7H,8H2,(H,23,26)(H,28,29). The fraction of sp³-hybridized carbons (Fsp3) is 0.111. The Morgan fingerprint density at radius 1 is 1.14 bits per heavy atom. The number of benzene rings is 2. The summed E-state index contributed by atoms with van der Waals surface area (Å²) in [5.41, 5.74) is -2.48. The second-order valence-electron chi connectivity index (χ2n) is 5.90. The van der Waals surface area contributed by atoms with Crippen LogP contribution in [-0.2, 0) is 17.5 Å². The van der Waals surface area contributed by atoms with Gasteiger partial charge in [-0.25, -0.2) is 9.48 Å². The van der Waals surface area contributed by atoms with Crippen LogP contribution >= 0.6 is 11.6 Å². The van der Waals surface area contributed by atoms with Gasteiger partial charge in [-0.05, 0) is 24.3 Å². The van der Waals surface area contributed by atoms with E-state index in [4.69, 9.17) is 11.6 Å². The Labute approximate surface area is 165 Å². The van der Waals surface area contributed by atoms with Gasteiger partial charge in [0, 0.05) is 11.1 Å². The number of fused-ring (bicyclic) bond motifs is 1. The number of carbonyl (C=O) groups is 2. The average molecular weight is 426 g/mol. The number of nitrogens with one attached hydrogen (secondary N) is 1. The topological polar surface area (TPSA) is 101 Å². The molecule has 0 aliphatic heterocycles. The summed E-state index contributed by atoms with van der Waals surface area (Å²) in [7, 11) is 0. The largest absolute Gasteiger partial charge is 0.476 e. The van der Waals surface area contributed by atoms with Crippen molar-refractivity contribution >= 4 is 39.9 Å². The van der Waals surface area contributed by atoms with Crippen LogP contribution in [0.3, 0.4) is 0 Å². The Morgan fingerprint density at radius 3 is 2.41 bits per heavy atom. The van der Waals surface area contributed by atoms with Crippen LogP contribution in [0.25, 0.3) is 10.8 Å². The van der Waals surface area contributed by atoms with Crippen molar-refractivity contribution in [2.75, 3.05) is 5.32 Å². The van der Waals surface area contributed by atoms with Gasteiger partial charge in [-0.2, -0.15) is 18.3 Å². The summed E-state index contributed by atoms with van der Waals surface area (Å²) < 4.78 is 39.4. The minimum atomic E-state index is -4.72. The molecule has 1 aromatic heterocycles. The summed E-state index contributed by atoms with van der Waals surface area (Å²) in [5, 5.41) is 14.8. The third-order valence-electron chi connectivity index (χ3n) is 3.92. The Bertz CT molecular complexity index is 1190. The third-order valence-corrected chi connectivity index (χ3v) is 4.25. The lowest BCUT2D eigenvalue weighted by Gasteiger charge is -2.12. The highest BCUT2D eigenvalue weighted by molar-refractivity contribution is 6.31. The number of rotatable bonds is 4. The van der Waals surface area contributed by atoms with E-state index < -0.39 is 46.4 Å². The van der Waals surface area contributed by atoms with Gasteiger partial charge in [0.25, 0.3) is 5.56 Å². The van der Waals surface area contributed by atoms with E-state index >= 15 is 0 Å². The van der Waals surface area contributed by atoms with E-state index in [1.54, 1.807) is 0 Å². The number of alkyl halides is 3. The lowest BCUT2D eigenvalue weighted by molar-refractivity contribution is -0.137. The Kier molecular flexibility index (Phi) is 5.29. The number of hydrogen-bond acceptors (Lipinski definition) is 4. The second-order valence-corrected chi connectivity index (χ2v) is 6.31. The highest BCUT2D eigenvalue weighted by atomic mass is 35.5. The first-order valence-corrected chi connectivity index (χ1v) is 8.35. The van der Waals surface area contributed by atoms with Crippen LogP contribution in [0.1, 0.15) is 16.1 Å². The quantitative estimate of drug-likeness (QED) is 0.667. The van der Waals surface area contributed by atoms with Crippen LogP contribution < -0.4 is 10.9 Å². The van der Waals surface area contributed by atoms with E-state index in [1.165, 1.54) is 24.3 Å². The molecular weight excluding hydrogens is 415 g/mol. The first-order chi connectivity index (χ1) is 13.6. The van der Waals surface area contributed by atoms with Crippen LogP contribution in [0.4, 0.5) is 18.9 Å². The van der Waals surface area contributed by atoms with Crippen molar-refractivity contribution < 1.29 is 27.9 Å². The van der Waals surface area contributed by atoms with E-state index in [-0.39, 0.29) is 16.5 Å². The normalized spacial score (nSPS) is 11.4. The van der Waals surface area contributed by atoms with E-state index in [0.717, 1.165) is 12.1 Å². The minimum absolute atomic E-state index is 0.0403. The Balaban J connectivity index is 1.92. The molecule has 2 aromatic carbocycles. The smallest absolute Gasteiger partial charge is 0.417 e. The zero-order chi connectivity index (χ0) is 21.3. The van der Waals surface area contributed by atoms with Crippen molar-refractivity contribution in [2.24, 2.45) is 0 Å². The molecule has 3 aromatic rings. The molecule has 11 heteroatoms. The van der Waals surface area contributed by atoms with Gasteiger partial charge in [0.1, 0.15) is 6.54 Å². The molecule has 29 heavy (non-hydrogen) atoms. The van der Waals surface area contributed by atoms with Crippen LogP contribution in [0, 0.1) is 0 Å². The number of nitrogens with zero attached hydrogens (tertiary/aromatic N) is 2. The summed E-state index contributed by atoms with van der Waals surface area (Å²) in [6, 6.07) is 8.63. The molecule has 1 heterocycles. The van der Waals surface area contributed by atoms with Gasteiger partial charge < -0.3 is 10.4 Å². The summed E-state index contributed by atoms with van der Waals surface area (Å²) >= 11 is 5.53. The Morgan fingerprint density at radius 2 is 1.79 bits per heavy atom. The summed E-state index contributed by atoms with van der Waals surface area (Å²) in [6.07, 6.45) is -4.72. The maximum absolute atomic E-state index is 12.9. The van der Waals surface area contributed by atoms with Crippen LogP contribution in [0.2, 0.25) is 5.02 Å². The van der Waals surface area contributed by atoms with Crippen molar-refractivity contribution in [1.29, 1.82) is 0 Å². The van der Waals surface area contributed by atoms with Gasteiger partial charge in [-0.1, -0.05) is 29.8 Å². The molecule has 0 bridgehead atoms. The SMILES string of the molecule is O=C(Cn1nc(C(=O)O)c2ccccc2c1=O)Nc1ccc(Cl)c(C(F)(F)F)c1. The average Bonchev–Trinajstić information content (AvgIpc) is 2.64. The van der Waals surface area contributed by atoms with Crippen molar-refractivity contribution in [3.8, 4) is 0 Å². The molecule has 0 spiro atoms. The number of carbonyl (C=O) groups excluding carboxylic acids is 1. The first-order valence-electron chi connectivity index (χ1n) is 7.97. The van der Waals surface area contributed by atoms with Gasteiger partial charge >= 0.3 is 12.1 Å². The predicted molar refractivity (Wildman–Crippen MR) is 98.0 cm³/mol. The number of halogens is 4. The molecule has 1 amide bonds. The molecule has 3 rings (SSSR count). The van der Waals surface area contributed by atoms with E-state index in [9.17, 15) is 32.7 Å². The maximum atomic E-state index is 12.9. The number of hydrogen-bond donors (Lipinski definition) is 2. The summed E-state index contributed by atoms with van der Waals surface area (Å²) in [6.45, 7) is -0.700. The van der Waals surface area contributed by atoms with E-state index in [0.29, 0.717) is 10.7 Å². The first kappa shape index (κ1) is 20.3. The van der Waals surface area contributed by atoms with E-state index in [2.05, 4.69) is 10.4 Å². The van der Waals surface area contributed by atoms with Gasteiger partial charge in [0.05, 0.1) is 16.0 Å². The number of aromatic carboxylic acids is 1. The Hall–Kier alpha value is -3.40. The third kappa shape index (κ3) is 4.21. The molecule has 0 fully saturated rings. The van der Waals surface area contributed by atoms with Crippen LogP contribution in [-0.4, -0.2) is 26.8 Å². The number of anilines is 1. The molecule has 0 saturated heterocycles. The molecule has 0 saturated carbocycles. The highest BCUT2D eigenvalue weighted by Crippen LogP contribution is 2.36. The number of carboxylic acids is 1. The van der Waals surface area contributed by atoms with Crippen molar-refractivity contribution in [1.82, 2.24) is 9.78 Å². The molecule has 0 radical (unpaired) electrons. The zero-order valence-electron chi connectivity index (χ0n) is 14.3. The van der Waals surface area contributed by atoms with Gasteiger partial charge in [-0.3, -0.25) is 9.59 Å². The molecule has 150 valence electrons. The van der Waals surface area contributed by atoms with Crippen LogP contribution in [0.5, 0.6) is 0 Å². The fourth-order valence-corrected chi connectivity index (χ4v) is 2.88. The number of amides is 1. The van der Waals surface area contributed by atoms with E-state index in [1.807, 2.05) is 0 Å². The van der Waals surface area contributed by atoms with Crippen molar-refractivity contribution in [2.45, 2.75) is 12.7 Å². The predicted octanol–water partition coefficient (Wildman–Crippen LogP) is 3.41. The molecule has 0 atom stereocenters. The molecule has 0 aliphatic carbocycles. The molecular formula is C18H11ClF3N3O4. The molecule has 2 N–H and O–H groups in total. The molecule has 7 nitrogen and oxygen atoms in total. The summed E-state index contributed by atoms with van der Waals surface area (Å²) in [4.78, 5) is 36.1. The number of aromatic nitrogens is 2. The zero-order valence-corrected chi connectivity index (χ0v) is 15.1. The summed E-state index contributed by atoms with van der Waals surface area (Å²) in [5.74, 6) is -2.27. The fourth-order valence-electron chi connectivity index (χ4n) is 2.66. The van der Waals surface area contributed by atoms with Crippen molar-refractivity contribution in [3.05, 3.63) is 69.1 Å². The minimum Gasteiger partial charge on any atom is -0.476 e. The van der Waals surface area contributed by atoms with Gasteiger partial charge in [0.2, 0.25) is 5.91 Å². The highest BCUT2D eigenvalue weighted by Gasteiger charge is 2.33. The van der Waals surface area contributed by atoms with Gasteiger partial charge in [-0.15, -0.1) is 0 Å². The van der Waals surface area contributed by atoms with Gasteiger partial charge in [0.15, 0.2) is 5.69 Å². The number of carboxylic acid groups (broad SMARTS) is 1. The molecule has 0 aliphatic rings. The molecule has 0 unspecified atom stereocenters. The lowest BCUT2D eigenvalue weighted by atomic mass is 10.1. The lowest BCUT2D eigenvalue weighted by Crippen LogP contribution is -2.31. The maximum Gasteiger partial charge on any atom is 0.417 e. The monoisotopic (exact) mass is 425 g/mol. The van der Waals surface area contributed by atoms with Crippen LogP contribution in [0.15, 0.2) is 47.3 Å². The second kappa shape index (κ2) is 7.55.